The van der Waals surface area contributed by atoms with Crippen molar-refractivity contribution in [3.8, 4) is 5.75 Å². The second kappa shape index (κ2) is 10.5. The average molecular weight is 482 g/mol. The summed E-state index contributed by atoms with van der Waals surface area (Å²) in [5.74, 6) is 0.345. The number of ether oxygens (including phenoxy) is 3. The molecule has 9 nitrogen and oxygen atoms in total. The first kappa shape index (κ1) is 24.3. The van der Waals surface area contributed by atoms with Crippen LogP contribution in [0, 0.1) is 0 Å². The van der Waals surface area contributed by atoms with E-state index in [1.165, 1.54) is 23.7 Å². The van der Waals surface area contributed by atoms with Crippen LogP contribution in [-0.4, -0.2) is 77.5 Å². The molecule has 0 saturated carbocycles. The SMILES string of the molecule is COC(=O)c1cnc(N(C)Cc2ccc(SC)c(OC)c2)c(S(=O)(=O)N2CCOCC2)c1. The molecule has 1 aliphatic heterocycles. The Bertz CT molecular complexity index is 1070. The van der Waals surface area contributed by atoms with Gasteiger partial charge in [-0.15, -0.1) is 11.8 Å². The standard InChI is InChI=1S/C21H27N3O6S2/c1-23(14-15-5-6-18(31-4)17(11-15)28-2)20-19(12-16(13-22-20)21(25)29-3)32(26,27)24-7-9-30-10-8-24/h5-6,11-13H,7-10,14H2,1-4H3. The number of aromatic nitrogens is 1. The minimum atomic E-state index is -3.90. The number of benzene rings is 1. The molecule has 3 rings (SSSR count). The molecule has 1 aromatic heterocycles. The van der Waals surface area contributed by atoms with Crippen LogP contribution < -0.4 is 9.64 Å². The smallest absolute Gasteiger partial charge is 0.339 e. The lowest BCUT2D eigenvalue weighted by Gasteiger charge is -2.28. The fraction of sp³-hybridized carbons (Fsp3) is 0.429. The zero-order chi connectivity index (χ0) is 23.3. The summed E-state index contributed by atoms with van der Waals surface area (Å²) in [4.78, 5) is 19.1. The van der Waals surface area contributed by atoms with Crippen LogP contribution in [0.25, 0.3) is 0 Å². The molecule has 11 heteroatoms. The molecule has 0 unspecified atom stereocenters. The Labute approximate surface area is 192 Å². The van der Waals surface area contributed by atoms with E-state index in [-0.39, 0.29) is 29.4 Å². The number of rotatable bonds is 8. The van der Waals surface area contributed by atoms with E-state index in [1.807, 2.05) is 24.5 Å². The molecule has 0 bridgehead atoms. The molecule has 1 fully saturated rings. The Morgan fingerprint density at radius 2 is 1.97 bits per heavy atom. The molecular weight excluding hydrogens is 454 g/mol. The highest BCUT2D eigenvalue weighted by molar-refractivity contribution is 7.98. The molecule has 1 saturated heterocycles. The highest BCUT2D eigenvalue weighted by Crippen LogP contribution is 2.31. The maximum atomic E-state index is 13.4. The molecule has 0 spiro atoms. The van der Waals surface area contributed by atoms with Crippen LogP contribution in [0.15, 0.2) is 40.3 Å². The average Bonchev–Trinajstić information content (AvgIpc) is 2.83. The molecule has 1 aliphatic rings. The van der Waals surface area contributed by atoms with Gasteiger partial charge in [0.2, 0.25) is 10.0 Å². The second-order valence-electron chi connectivity index (χ2n) is 7.10. The monoisotopic (exact) mass is 481 g/mol. The van der Waals surface area contributed by atoms with Gasteiger partial charge in [0, 0.05) is 37.8 Å². The van der Waals surface area contributed by atoms with E-state index >= 15 is 0 Å². The van der Waals surface area contributed by atoms with Crippen LogP contribution in [0.3, 0.4) is 0 Å². The van der Waals surface area contributed by atoms with Crippen molar-refractivity contribution in [1.29, 1.82) is 0 Å². The van der Waals surface area contributed by atoms with Gasteiger partial charge in [0.1, 0.15) is 16.5 Å². The summed E-state index contributed by atoms with van der Waals surface area (Å²) in [6.45, 7) is 1.50. The van der Waals surface area contributed by atoms with Gasteiger partial charge in [0.25, 0.3) is 0 Å². The number of methoxy groups -OCH3 is 2. The lowest BCUT2D eigenvalue weighted by atomic mass is 10.2. The molecule has 2 aromatic rings. The summed E-state index contributed by atoms with van der Waals surface area (Å²) in [6, 6.07) is 7.17. The van der Waals surface area contributed by atoms with E-state index in [0.717, 1.165) is 16.2 Å². The second-order valence-corrected chi connectivity index (χ2v) is 9.85. The summed E-state index contributed by atoms with van der Waals surface area (Å²) in [5, 5.41) is 0. The van der Waals surface area contributed by atoms with Crippen molar-refractivity contribution in [3.63, 3.8) is 0 Å². The molecule has 0 atom stereocenters. The lowest BCUT2D eigenvalue weighted by Crippen LogP contribution is -2.41. The summed E-state index contributed by atoms with van der Waals surface area (Å²) in [6.07, 6.45) is 3.30. The topological polar surface area (TPSA) is 98.3 Å². The highest BCUT2D eigenvalue weighted by atomic mass is 32.2. The van der Waals surface area contributed by atoms with Crippen LogP contribution in [0.2, 0.25) is 0 Å². The maximum Gasteiger partial charge on any atom is 0.339 e. The van der Waals surface area contributed by atoms with Crippen LogP contribution >= 0.6 is 11.8 Å². The minimum absolute atomic E-state index is 0.0440. The predicted molar refractivity (Wildman–Crippen MR) is 122 cm³/mol. The van der Waals surface area contributed by atoms with Crippen LogP contribution in [-0.2, 0) is 26.0 Å². The van der Waals surface area contributed by atoms with E-state index in [9.17, 15) is 13.2 Å². The van der Waals surface area contributed by atoms with Crippen molar-refractivity contribution in [2.75, 3.05) is 58.7 Å². The normalized spacial score (nSPS) is 14.8. The third-order valence-corrected chi connectivity index (χ3v) is 7.75. The quantitative estimate of drug-likeness (QED) is 0.415. The minimum Gasteiger partial charge on any atom is -0.496 e. The molecule has 32 heavy (non-hydrogen) atoms. The van der Waals surface area contributed by atoms with Gasteiger partial charge in [-0.1, -0.05) is 6.07 Å². The number of hydrogen-bond acceptors (Lipinski definition) is 9. The Balaban J connectivity index is 2.00. The van der Waals surface area contributed by atoms with Gasteiger partial charge in [-0.05, 0) is 30.0 Å². The van der Waals surface area contributed by atoms with Gasteiger partial charge in [0.05, 0.1) is 33.0 Å². The Kier molecular flexibility index (Phi) is 7.99. The molecular formula is C21H27N3O6S2. The predicted octanol–water partition coefficient (Wildman–Crippen LogP) is 2.26. The number of pyridine rings is 1. The number of thioether (sulfide) groups is 1. The third kappa shape index (κ3) is 5.17. The zero-order valence-corrected chi connectivity index (χ0v) is 20.2. The van der Waals surface area contributed by atoms with Gasteiger partial charge < -0.3 is 19.1 Å². The lowest BCUT2D eigenvalue weighted by molar-refractivity contribution is 0.0599. The molecule has 2 heterocycles. The van der Waals surface area contributed by atoms with Crippen molar-refractivity contribution in [2.24, 2.45) is 0 Å². The molecule has 0 amide bonds. The summed E-state index contributed by atoms with van der Waals surface area (Å²) in [5.41, 5.74) is 0.998. The maximum absolute atomic E-state index is 13.4. The van der Waals surface area contributed by atoms with Gasteiger partial charge in [-0.3, -0.25) is 0 Å². The number of esters is 1. The highest BCUT2D eigenvalue weighted by Gasteiger charge is 2.31. The number of morpholine rings is 1. The van der Waals surface area contributed by atoms with Crippen molar-refractivity contribution in [1.82, 2.24) is 9.29 Å². The van der Waals surface area contributed by atoms with E-state index in [1.54, 1.807) is 30.8 Å². The zero-order valence-electron chi connectivity index (χ0n) is 18.5. The first-order valence-corrected chi connectivity index (χ1v) is 12.6. The van der Waals surface area contributed by atoms with Crippen LogP contribution in [0.4, 0.5) is 5.82 Å². The number of carbonyl (C=O) groups is 1. The van der Waals surface area contributed by atoms with Gasteiger partial charge >= 0.3 is 5.97 Å². The third-order valence-electron chi connectivity index (χ3n) is 5.07. The van der Waals surface area contributed by atoms with Gasteiger partial charge in [-0.2, -0.15) is 4.31 Å². The van der Waals surface area contributed by atoms with Gasteiger partial charge in [-0.25, -0.2) is 18.2 Å². The van der Waals surface area contributed by atoms with Crippen LogP contribution in [0.1, 0.15) is 15.9 Å². The van der Waals surface area contributed by atoms with E-state index in [0.29, 0.717) is 19.8 Å². The van der Waals surface area contributed by atoms with Crippen molar-refractivity contribution in [3.05, 3.63) is 41.6 Å². The van der Waals surface area contributed by atoms with Crippen molar-refractivity contribution in [2.45, 2.75) is 16.3 Å². The van der Waals surface area contributed by atoms with E-state index in [2.05, 4.69) is 4.98 Å². The van der Waals surface area contributed by atoms with E-state index < -0.39 is 16.0 Å². The molecule has 174 valence electrons. The summed E-state index contributed by atoms with van der Waals surface area (Å²) in [7, 11) is 0.707. The Morgan fingerprint density at radius 1 is 1.25 bits per heavy atom. The fourth-order valence-electron chi connectivity index (χ4n) is 3.40. The molecule has 0 N–H and O–H groups in total. The molecule has 0 aliphatic carbocycles. The van der Waals surface area contributed by atoms with E-state index in [4.69, 9.17) is 14.2 Å². The summed E-state index contributed by atoms with van der Waals surface area (Å²) < 4.78 is 43.7. The van der Waals surface area contributed by atoms with Crippen LogP contribution in [0.5, 0.6) is 5.75 Å². The summed E-state index contributed by atoms with van der Waals surface area (Å²) >= 11 is 1.58. The first-order valence-electron chi connectivity index (χ1n) is 9.90. The Morgan fingerprint density at radius 3 is 2.59 bits per heavy atom. The molecule has 1 aromatic carbocycles. The molecule has 0 radical (unpaired) electrons. The number of nitrogens with zero attached hydrogens (tertiary/aromatic N) is 3. The van der Waals surface area contributed by atoms with Crippen molar-refractivity contribution >= 4 is 33.6 Å². The fourth-order valence-corrected chi connectivity index (χ4v) is 5.57. The van der Waals surface area contributed by atoms with Gasteiger partial charge in [0.15, 0.2) is 0 Å². The number of hydrogen-bond donors (Lipinski definition) is 0. The largest absolute Gasteiger partial charge is 0.496 e. The van der Waals surface area contributed by atoms with Crippen molar-refractivity contribution < 1.29 is 27.4 Å². The number of anilines is 1. The number of sulfonamides is 1. The first-order chi connectivity index (χ1) is 15.3. The Hall–Kier alpha value is -2.34. The number of carbonyl (C=O) groups excluding carboxylic acids is 1.